The summed E-state index contributed by atoms with van der Waals surface area (Å²) in [5.41, 5.74) is 3.66. The summed E-state index contributed by atoms with van der Waals surface area (Å²) in [7, 11) is -3.56. The molecule has 0 fully saturated rings. The van der Waals surface area contributed by atoms with Gasteiger partial charge in [0, 0.05) is 19.3 Å². The summed E-state index contributed by atoms with van der Waals surface area (Å²) in [6.07, 6.45) is 1.82. The van der Waals surface area contributed by atoms with Crippen molar-refractivity contribution in [2.45, 2.75) is 32.6 Å². The van der Waals surface area contributed by atoms with Crippen molar-refractivity contribution in [1.29, 1.82) is 0 Å². The maximum absolute atomic E-state index is 12.6. The molecule has 0 aliphatic carbocycles. The molecule has 2 heterocycles. The zero-order valence-corrected chi connectivity index (χ0v) is 17.2. The molecule has 0 amide bonds. The number of benzene rings is 1. The largest absolute Gasteiger partial charge is 0.367 e. The van der Waals surface area contributed by atoms with Crippen LogP contribution in [0.3, 0.4) is 0 Å². The van der Waals surface area contributed by atoms with E-state index in [1.807, 2.05) is 39.1 Å². The Morgan fingerprint density at radius 3 is 2.32 bits per heavy atom. The van der Waals surface area contributed by atoms with E-state index < -0.39 is 10.0 Å². The molecule has 0 unspecified atom stereocenters. The fourth-order valence-electron chi connectivity index (χ4n) is 2.76. The van der Waals surface area contributed by atoms with Crippen molar-refractivity contribution >= 4 is 15.8 Å². The van der Waals surface area contributed by atoms with Gasteiger partial charge in [-0.2, -0.15) is 5.10 Å². The van der Waals surface area contributed by atoms with Crippen LogP contribution in [0.4, 0.5) is 5.82 Å². The molecular weight excluding hydrogens is 376 g/mol. The lowest BCUT2D eigenvalue weighted by atomic mass is 10.1. The van der Waals surface area contributed by atoms with Crippen LogP contribution in [0.15, 0.2) is 41.4 Å². The van der Waals surface area contributed by atoms with Crippen LogP contribution in [-0.2, 0) is 10.0 Å². The van der Waals surface area contributed by atoms with Gasteiger partial charge in [-0.05, 0) is 68.7 Å². The number of hydrogen-bond acceptors (Lipinski definition) is 6. The van der Waals surface area contributed by atoms with E-state index in [0.717, 1.165) is 22.4 Å². The molecule has 0 aliphatic rings. The van der Waals surface area contributed by atoms with Gasteiger partial charge in [-0.15, -0.1) is 10.2 Å². The molecule has 0 spiro atoms. The van der Waals surface area contributed by atoms with Gasteiger partial charge in [-0.1, -0.05) is 6.07 Å². The Bertz CT molecular complexity index is 1070. The smallest absolute Gasteiger partial charge is 0.240 e. The van der Waals surface area contributed by atoms with Crippen molar-refractivity contribution in [3.05, 3.63) is 58.9 Å². The normalized spacial score (nSPS) is 11.6. The summed E-state index contributed by atoms with van der Waals surface area (Å²) >= 11 is 0. The van der Waals surface area contributed by atoms with Crippen molar-refractivity contribution in [2.24, 2.45) is 0 Å². The molecule has 2 N–H and O–H groups in total. The monoisotopic (exact) mass is 400 g/mol. The predicted octanol–water partition coefficient (Wildman–Crippen LogP) is 2.29. The highest BCUT2D eigenvalue weighted by Crippen LogP contribution is 2.19. The van der Waals surface area contributed by atoms with Crippen molar-refractivity contribution in [2.75, 3.05) is 18.4 Å². The van der Waals surface area contributed by atoms with Crippen LogP contribution < -0.4 is 10.0 Å². The molecular formula is C19H24N6O2S. The van der Waals surface area contributed by atoms with Gasteiger partial charge < -0.3 is 5.32 Å². The highest BCUT2D eigenvalue weighted by atomic mass is 32.2. The first-order valence-electron chi connectivity index (χ1n) is 8.94. The molecule has 28 heavy (non-hydrogen) atoms. The lowest BCUT2D eigenvalue weighted by Gasteiger charge is -2.12. The summed E-state index contributed by atoms with van der Waals surface area (Å²) in [4.78, 5) is 0.314. The van der Waals surface area contributed by atoms with Gasteiger partial charge in [0.15, 0.2) is 5.82 Å². The lowest BCUT2D eigenvalue weighted by Crippen LogP contribution is -2.29. The molecule has 8 nitrogen and oxygen atoms in total. The SMILES string of the molecule is Cc1ccn(-c2ccc(NCCNS(=O)(=O)c3cc(C)c(C)cc3C)nn2)n1. The van der Waals surface area contributed by atoms with Gasteiger partial charge in [-0.25, -0.2) is 17.8 Å². The van der Waals surface area contributed by atoms with Crippen molar-refractivity contribution in [3.63, 3.8) is 0 Å². The minimum atomic E-state index is -3.56. The van der Waals surface area contributed by atoms with Gasteiger partial charge in [0.2, 0.25) is 10.0 Å². The number of nitrogens with one attached hydrogen (secondary N) is 2. The van der Waals surface area contributed by atoms with E-state index in [1.54, 1.807) is 29.8 Å². The minimum absolute atomic E-state index is 0.233. The second kappa shape index (κ2) is 8.07. The second-order valence-corrected chi connectivity index (χ2v) is 8.44. The molecule has 0 bridgehead atoms. The Morgan fingerprint density at radius 2 is 1.68 bits per heavy atom. The van der Waals surface area contributed by atoms with E-state index in [9.17, 15) is 8.42 Å². The number of nitrogens with zero attached hydrogens (tertiary/aromatic N) is 4. The molecule has 3 aromatic rings. The maximum Gasteiger partial charge on any atom is 0.240 e. The third-order valence-electron chi connectivity index (χ3n) is 4.41. The molecule has 0 saturated heterocycles. The Morgan fingerprint density at radius 1 is 0.929 bits per heavy atom. The van der Waals surface area contributed by atoms with Gasteiger partial charge in [0.05, 0.1) is 10.6 Å². The van der Waals surface area contributed by atoms with Crippen LogP contribution in [0, 0.1) is 27.7 Å². The average Bonchev–Trinajstić information content (AvgIpc) is 3.08. The Balaban J connectivity index is 1.56. The molecule has 0 saturated carbocycles. The second-order valence-electron chi connectivity index (χ2n) is 6.70. The van der Waals surface area contributed by atoms with Crippen LogP contribution in [-0.4, -0.2) is 41.5 Å². The minimum Gasteiger partial charge on any atom is -0.367 e. The van der Waals surface area contributed by atoms with E-state index in [4.69, 9.17) is 0 Å². The van der Waals surface area contributed by atoms with Crippen LogP contribution in [0.25, 0.3) is 5.82 Å². The topological polar surface area (TPSA) is 102 Å². The van der Waals surface area contributed by atoms with Gasteiger partial charge in [0.25, 0.3) is 0 Å². The van der Waals surface area contributed by atoms with E-state index in [0.29, 0.717) is 23.1 Å². The van der Waals surface area contributed by atoms with Crippen molar-refractivity contribution < 1.29 is 8.42 Å². The molecule has 148 valence electrons. The quantitative estimate of drug-likeness (QED) is 0.590. The number of sulfonamides is 1. The number of aromatic nitrogens is 4. The summed E-state index contributed by atoms with van der Waals surface area (Å²) in [5.74, 6) is 1.18. The third kappa shape index (κ3) is 4.55. The first-order valence-corrected chi connectivity index (χ1v) is 10.4. The molecule has 2 aromatic heterocycles. The Labute approximate surface area is 165 Å². The molecule has 0 radical (unpaired) electrons. The first kappa shape index (κ1) is 20.0. The summed E-state index contributed by atoms with van der Waals surface area (Å²) in [6, 6.07) is 9.06. The first-order chi connectivity index (χ1) is 13.3. The highest BCUT2D eigenvalue weighted by molar-refractivity contribution is 7.89. The van der Waals surface area contributed by atoms with Crippen molar-refractivity contribution in [1.82, 2.24) is 24.7 Å². The zero-order chi connectivity index (χ0) is 20.3. The fourth-order valence-corrected chi connectivity index (χ4v) is 4.10. The number of anilines is 1. The molecule has 0 aliphatic heterocycles. The molecule has 3 rings (SSSR count). The van der Waals surface area contributed by atoms with E-state index >= 15 is 0 Å². The van der Waals surface area contributed by atoms with Gasteiger partial charge in [0.1, 0.15) is 5.82 Å². The Hall–Kier alpha value is -2.78. The van der Waals surface area contributed by atoms with Gasteiger partial charge in [-0.3, -0.25) is 0 Å². The maximum atomic E-state index is 12.6. The fraction of sp³-hybridized carbons (Fsp3) is 0.316. The van der Waals surface area contributed by atoms with E-state index in [1.165, 1.54) is 0 Å². The molecule has 1 aromatic carbocycles. The average molecular weight is 401 g/mol. The lowest BCUT2D eigenvalue weighted by molar-refractivity contribution is 0.582. The standard InChI is InChI=1S/C19H24N6O2S/c1-13-11-15(3)17(12-14(13)2)28(26,27)21-9-8-20-18-5-6-19(23-22-18)25-10-7-16(4)24-25/h5-7,10-12,21H,8-9H2,1-4H3,(H,20,22). The number of hydrogen-bond donors (Lipinski definition) is 2. The van der Waals surface area contributed by atoms with Crippen molar-refractivity contribution in [3.8, 4) is 5.82 Å². The molecule has 0 atom stereocenters. The third-order valence-corrected chi connectivity index (χ3v) is 6.01. The molecule has 9 heteroatoms. The van der Waals surface area contributed by atoms with Crippen LogP contribution in [0.5, 0.6) is 0 Å². The predicted molar refractivity (Wildman–Crippen MR) is 108 cm³/mol. The number of aryl methyl sites for hydroxylation is 4. The summed E-state index contributed by atoms with van der Waals surface area (Å²) in [5, 5.41) is 15.5. The van der Waals surface area contributed by atoms with Gasteiger partial charge >= 0.3 is 0 Å². The highest BCUT2D eigenvalue weighted by Gasteiger charge is 2.17. The zero-order valence-electron chi connectivity index (χ0n) is 16.4. The summed E-state index contributed by atoms with van der Waals surface area (Å²) in [6.45, 7) is 8.20. The van der Waals surface area contributed by atoms with E-state index in [2.05, 4.69) is 25.3 Å². The summed E-state index contributed by atoms with van der Waals surface area (Å²) < 4.78 is 29.4. The van der Waals surface area contributed by atoms with E-state index in [-0.39, 0.29) is 6.54 Å². The van der Waals surface area contributed by atoms with Crippen LogP contribution in [0.1, 0.15) is 22.4 Å². The van der Waals surface area contributed by atoms with Crippen LogP contribution in [0.2, 0.25) is 0 Å². The van der Waals surface area contributed by atoms with Crippen LogP contribution >= 0.6 is 0 Å². The Kier molecular flexibility index (Phi) is 5.76. The number of rotatable bonds is 7.